The number of anilines is 1. The van der Waals surface area contributed by atoms with E-state index in [0.717, 1.165) is 17.1 Å². The predicted octanol–water partition coefficient (Wildman–Crippen LogP) is 5.73. The number of rotatable bonds is 7. The van der Waals surface area contributed by atoms with Crippen LogP contribution in [0.1, 0.15) is 51.0 Å². The highest BCUT2D eigenvalue weighted by Gasteiger charge is 2.44. The number of alkyl halides is 2. The van der Waals surface area contributed by atoms with Crippen molar-refractivity contribution in [2.24, 2.45) is 5.41 Å². The van der Waals surface area contributed by atoms with Crippen LogP contribution in [0.3, 0.4) is 0 Å². The number of ether oxygens (including phenoxy) is 1. The van der Waals surface area contributed by atoms with Crippen molar-refractivity contribution in [3.05, 3.63) is 70.4 Å². The molecule has 1 aliphatic carbocycles. The van der Waals surface area contributed by atoms with E-state index in [2.05, 4.69) is 15.5 Å². The number of nitrogens with one attached hydrogen (secondary N) is 2. The maximum atomic E-state index is 14.8. The molecule has 0 radical (unpaired) electrons. The minimum atomic E-state index is -3.00. The molecule has 1 unspecified atom stereocenters. The second-order valence-electron chi connectivity index (χ2n) is 10.1. The van der Waals surface area contributed by atoms with Crippen LogP contribution < -0.4 is 15.4 Å². The van der Waals surface area contributed by atoms with Crippen LogP contribution in [0, 0.1) is 5.41 Å². The van der Waals surface area contributed by atoms with Gasteiger partial charge in [-0.25, -0.2) is 8.78 Å². The molecule has 1 aromatic carbocycles. The van der Waals surface area contributed by atoms with Gasteiger partial charge in [-0.3, -0.25) is 4.90 Å². The zero-order chi connectivity index (χ0) is 25.4. The van der Waals surface area contributed by atoms with Crippen molar-refractivity contribution >= 4 is 17.3 Å². The molecule has 190 valence electrons. The van der Waals surface area contributed by atoms with Gasteiger partial charge in [-0.2, -0.15) is 0 Å². The Balaban J connectivity index is 1.52. The normalized spacial score (nSPS) is 19.2. The second-order valence-corrected chi connectivity index (χ2v) is 10.5. The minimum Gasteiger partial charge on any atom is -0.460 e. The van der Waals surface area contributed by atoms with Gasteiger partial charge in [-0.15, -0.1) is 0 Å². The van der Waals surface area contributed by atoms with Crippen molar-refractivity contribution in [3.63, 3.8) is 0 Å². The summed E-state index contributed by atoms with van der Waals surface area (Å²) in [7, 11) is 2.01. The fraction of sp³-hybridized carbons (Fsp3) is 0.462. The Bertz CT molecular complexity index is 1140. The van der Waals surface area contributed by atoms with E-state index < -0.39 is 11.3 Å². The molecular formula is C26H33ClF2N4O2. The Morgan fingerprint density at radius 3 is 2.69 bits per heavy atom. The van der Waals surface area contributed by atoms with Gasteiger partial charge < -0.3 is 25.0 Å². The van der Waals surface area contributed by atoms with Gasteiger partial charge in [0.05, 0.1) is 29.7 Å². The van der Waals surface area contributed by atoms with Gasteiger partial charge in [0.15, 0.2) is 0 Å². The summed E-state index contributed by atoms with van der Waals surface area (Å²) in [6.07, 6.45) is 4.91. The quantitative estimate of drug-likeness (QED) is 0.448. The number of benzene rings is 1. The molecule has 4 rings (SSSR count). The summed E-state index contributed by atoms with van der Waals surface area (Å²) in [6.45, 7) is 5.79. The second kappa shape index (κ2) is 9.84. The van der Waals surface area contributed by atoms with Crippen LogP contribution in [-0.4, -0.2) is 34.9 Å². The van der Waals surface area contributed by atoms with Crippen LogP contribution in [0.4, 0.5) is 14.5 Å². The van der Waals surface area contributed by atoms with Gasteiger partial charge in [0.25, 0.3) is 5.92 Å². The zero-order valence-electron chi connectivity index (χ0n) is 20.5. The predicted molar refractivity (Wildman–Crippen MR) is 134 cm³/mol. The number of fused-ring (bicyclic) bond motifs is 1. The molecule has 1 aromatic heterocycles. The SMILES string of the molecule is CN1CNc2ccn(CCO)c2C1NC1=CC(Cl)=C(Oc2cccc(C(F)(F)C(C)(C)C)c2)CC1. The highest BCUT2D eigenvalue weighted by molar-refractivity contribution is 6.31. The molecule has 0 bridgehead atoms. The van der Waals surface area contributed by atoms with Gasteiger partial charge in [0, 0.05) is 35.8 Å². The van der Waals surface area contributed by atoms with Crippen molar-refractivity contribution in [1.29, 1.82) is 0 Å². The monoisotopic (exact) mass is 506 g/mol. The van der Waals surface area contributed by atoms with Crippen LogP contribution >= 0.6 is 11.6 Å². The van der Waals surface area contributed by atoms with Crippen LogP contribution in [-0.2, 0) is 12.5 Å². The van der Waals surface area contributed by atoms with Crippen LogP contribution in [0.15, 0.2) is 59.1 Å². The van der Waals surface area contributed by atoms with Gasteiger partial charge in [0.1, 0.15) is 17.7 Å². The first-order chi connectivity index (χ1) is 16.5. The van der Waals surface area contributed by atoms with Gasteiger partial charge >= 0.3 is 0 Å². The Kier molecular flexibility index (Phi) is 7.18. The lowest BCUT2D eigenvalue weighted by atomic mass is 9.83. The van der Waals surface area contributed by atoms with Gasteiger partial charge in [-0.05, 0) is 37.7 Å². The molecule has 2 aromatic rings. The molecule has 2 heterocycles. The summed E-state index contributed by atoms with van der Waals surface area (Å²) in [6, 6.07) is 8.07. The smallest absolute Gasteiger partial charge is 0.278 e. The molecule has 2 aliphatic rings. The van der Waals surface area contributed by atoms with E-state index in [4.69, 9.17) is 16.3 Å². The molecule has 1 atom stereocenters. The molecule has 0 fully saturated rings. The average Bonchev–Trinajstić information content (AvgIpc) is 3.20. The highest BCUT2D eigenvalue weighted by Crippen LogP contribution is 2.45. The standard InChI is InChI=1S/C26H33ClF2N4O2/c1-25(2,3)26(28,29)17-6-5-7-19(14-17)35-22-9-8-18(15-20(22)27)31-24-23-21(30-16-32(24)4)10-11-33(23)12-13-34/h5-7,10-11,14-15,24,30-31,34H,8-9,12-13,16H2,1-4H3. The van der Waals surface area contributed by atoms with Crippen molar-refractivity contribution in [3.8, 4) is 5.75 Å². The summed E-state index contributed by atoms with van der Waals surface area (Å²) in [5, 5.41) is 16.8. The summed E-state index contributed by atoms with van der Waals surface area (Å²) < 4.78 is 37.6. The lowest BCUT2D eigenvalue weighted by Gasteiger charge is -2.37. The van der Waals surface area contributed by atoms with Crippen molar-refractivity contribution in [1.82, 2.24) is 14.8 Å². The van der Waals surface area contributed by atoms with Crippen molar-refractivity contribution in [2.45, 2.75) is 52.2 Å². The number of aromatic nitrogens is 1. The van der Waals surface area contributed by atoms with Crippen LogP contribution in [0.25, 0.3) is 0 Å². The van der Waals surface area contributed by atoms with Crippen LogP contribution in [0.5, 0.6) is 5.75 Å². The molecule has 9 heteroatoms. The van der Waals surface area contributed by atoms with E-state index in [1.54, 1.807) is 12.1 Å². The molecule has 3 N–H and O–H groups in total. The Hall–Kier alpha value is -2.55. The lowest BCUT2D eigenvalue weighted by Crippen LogP contribution is -2.43. The first kappa shape index (κ1) is 25.5. The van der Waals surface area contributed by atoms with E-state index >= 15 is 0 Å². The molecule has 35 heavy (non-hydrogen) atoms. The maximum Gasteiger partial charge on any atom is 0.278 e. The highest BCUT2D eigenvalue weighted by atomic mass is 35.5. The Labute approximate surface area is 210 Å². The fourth-order valence-electron chi connectivity index (χ4n) is 4.32. The number of aliphatic hydroxyl groups excluding tert-OH is 1. The van der Waals surface area contributed by atoms with E-state index in [1.807, 2.05) is 30.0 Å². The number of allylic oxidation sites excluding steroid dienone is 4. The maximum absolute atomic E-state index is 14.8. The van der Waals surface area contributed by atoms with Crippen molar-refractivity contribution < 1.29 is 18.6 Å². The molecule has 6 nitrogen and oxygen atoms in total. The van der Waals surface area contributed by atoms with Crippen molar-refractivity contribution in [2.75, 3.05) is 25.6 Å². The summed E-state index contributed by atoms with van der Waals surface area (Å²) in [4.78, 5) is 2.14. The topological polar surface area (TPSA) is 61.7 Å². The van der Waals surface area contributed by atoms with E-state index in [-0.39, 0.29) is 18.3 Å². The molecule has 0 spiro atoms. The third-order valence-corrected chi connectivity index (χ3v) is 6.78. The minimum absolute atomic E-state index is 0.0540. The molecule has 0 saturated heterocycles. The Morgan fingerprint density at radius 1 is 1.23 bits per heavy atom. The molecule has 1 aliphatic heterocycles. The number of aliphatic hydroxyl groups is 1. The molecule has 0 amide bonds. The summed E-state index contributed by atoms with van der Waals surface area (Å²) in [5.41, 5.74) is 1.74. The first-order valence-corrected chi connectivity index (χ1v) is 12.1. The summed E-state index contributed by atoms with van der Waals surface area (Å²) >= 11 is 6.57. The number of hydrogen-bond donors (Lipinski definition) is 3. The number of hydrogen-bond acceptors (Lipinski definition) is 5. The summed E-state index contributed by atoms with van der Waals surface area (Å²) in [5.74, 6) is -2.10. The first-order valence-electron chi connectivity index (χ1n) is 11.8. The third-order valence-electron chi connectivity index (χ3n) is 6.46. The number of nitrogens with zero attached hydrogens (tertiary/aromatic N) is 2. The molecular weight excluding hydrogens is 474 g/mol. The van der Waals surface area contributed by atoms with Gasteiger partial charge in [-0.1, -0.05) is 44.5 Å². The van der Waals surface area contributed by atoms with Gasteiger partial charge in [0.2, 0.25) is 0 Å². The van der Waals surface area contributed by atoms with Crippen LogP contribution in [0.2, 0.25) is 0 Å². The zero-order valence-corrected chi connectivity index (χ0v) is 21.3. The molecule has 0 saturated carbocycles. The van der Waals surface area contributed by atoms with E-state index in [1.165, 1.54) is 32.9 Å². The largest absolute Gasteiger partial charge is 0.460 e. The average molecular weight is 507 g/mol. The fourth-order valence-corrected chi connectivity index (χ4v) is 4.59. The number of halogens is 3. The lowest BCUT2D eigenvalue weighted by molar-refractivity contribution is -0.104. The third kappa shape index (κ3) is 5.20. The van der Waals surface area contributed by atoms with E-state index in [0.29, 0.717) is 42.6 Å². The van der Waals surface area contributed by atoms with E-state index in [9.17, 15) is 13.9 Å². The Morgan fingerprint density at radius 2 is 2.00 bits per heavy atom.